The summed E-state index contributed by atoms with van der Waals surface area (Å²) in [6, 6.07) is 5.28. The van der Waals surface area contributed by atoms with Crippen LogP contribution in [0.5, 0.6) is 5.75 Å². The predicted molar refractivity (Wildman–Crippen MR) is 70.9 cm³/mol. The highest BCUT2D eigenvalue weighted by Gasteiger charge is 2.16. The molecule has 0 fully saturated rings. The maximum absolute atomic E-state index is 12.1. The number of aliphatic hydroxyl groups is 1. The number of nitrogens with one attached hydrogen (secondary N) is 1. The second-order valence-electron chi connectivity index (χ2n) is 4.60. The van der Waals surface area contributed by atoms with E-state index in [0.29, 0.717) is 5.56 Å². The van der Waals surface area contributed by atoms with E-state index in [-0.39, 0.29) is 24.5 Å². The number of methoxy groups -OCH3 is 1. The molecule has 0 aliphatic rings. The molecule has 1 aromatic rings. The van der Waals surface area contributed by atoms with Gasteiger partial charge in [0.05, 0.1) is 7.11 Å². The molecule has 0 saturated heterocycles. The molecule has 0 spiro atoms. The van der Waals surface area contributed by atoms with E-state index in [0.717, 1.165) is 11.3 Å². The molecule has 0 heterocycles. The molecule has 0 bridgehead atoms. The molecule has 100 valence electrons. The van der Waals surface area contributed by atoms with E-state index >= 15 is 0 Å². The average molecular weight is 251 g/mol. The Morgan fingerprint density at radius 2 is 2.11 bits per heavy atom. The maximum Gasteiger partial charge on any atom is 0.251 e. The lowest BCUT2D eigenvalue weighted by atomic mass is 10.0. The molecule has 1 aromatic carbocycles. The lowest BCUT2D eigenvalue weighted by Gasteiger charge is -2.19. The van der Waals surface area contributed by atoms with Crippen LogP contribution in [0.4, 0.5) is 0 Å². The molecule has 0 aliphatic carbocycles. The van der Waals surface area contributed by atoms with Crippen molar-refractivity contribution in [3.05, 3.63) is 29.3 Å². The smallest absolute Gasteiger partial charge is 0.251 e. The minimum atomic E-state index is -0.122. The third-order valence-corrected chi connectivity index (χ3v) is 3.18. The first-order valence-corrected chi connectivity index (χ1v) is 6.06. The summed E-state index contributed by atoms with van der Waals surface area (Å²) in [6.07, 6.45) is 0. The van der Waals surface area contributed by atoms with Gasteiger partial charge in [-0.1, -0.05) is 6.92 Å². The zero-order chi connectivity index (χ0) is 13.7. The van der Waals surface area contributed by atoms with Gasteiger partial charge in [-0.15, -0.1) is 0 Å². The van der Waals surface area contributed by atoms with Crippen molar-refractivity contribution in [2.75, 3.05) is 13.7 Å². The molecule has 1 rings (SSSR count). The van der Waals surface area contributed by atoms with Gasteiger partial charge in [-0.25, -0.2) is 0 Å². The minimum absolute atomic E-state index is 0.0347. The van der Waals surface area contributed by atoms with Gasteiger partial charge >= 0.3 is 0 Å². The molecule has 0 aromatic heterocycles. The van der Waals surface area contributed by atoms with Crippen LogP contribution in [0.15, 0.2) is 18.2 Å². The molecule has 2 unspecified atom stereocenters. The Morgan fingerprint density at radius 1 is 1.44 bits per heavy atom. The normalized spacial score (nSPS) is 13.8. The minimum Gasteiger partial charge on any atom is -0.497 e. The number of amides is 1. The van der Waals surface area contributed by atoms with Crippen LogP contribution in [0.3, 0.4) is 0 Å². The molecular formula is C14H21NO3. The first kappa shape index (κ1) is 14.5. The molecule has 2 atom stereocenters. The Labute approximate surface area is 108 Å². The number of carbonyl (C=O) groups is 1. The molecule has 18 heavy (non-hydrogen) atoms. The summed E-state index contributed by atoms with van der Waals surface area (Å²) in [5, 5.41) is 11.9. The van der Waals surface area contributed by atoms with Gasteiger partial charge in [-0.2, -0.15) is 0 Å². The molecule has 0 radical (unpaired) electrons. The highest BCUT2D eigenvalue weighted by atomic mass is 16.5. The zero-order valence-electron chi connectivity index (χ0n) is 11.4. The van der Waals surface area contributed by atoms with Gasteiger partial charge < -0.3 is 15.2 Å². The van der Waals surface area contributed by atoms with E-state index in [1.165, 1.54) is 0 Å². The Balaban J connectivity index is 2.78. The number of ether oxygens (including phenoxy) is 1. The summed E-state index contributed by atoms with van der Waals surface area (Å²) >= 11 is 0. The van der Waals surface area contributed by atoms with Crippen molar-refractivity contribution < 1.29 is 14.6 Å². The monoisotopic (exact) mass is 251 g/mol. The van der Waals surface area contributed by atoms with Crippen molar-refractivity contribution in [1.82, 2.24) is 5.32 Å². The number of rotatable bonds is 5. The van der Waals surface area contributed by atoms with E-state index < -0.39 is 0 Å². The summed E-state index contributed by atoms with van der Waals surface area (Å²) in [6.45, 7) is 5.71. The number of aryl methyl sites for hydroxylation is 1. The fourth-order valence-electron chi connectivity index (χ4n) is 1.60. The molecular weight excluding hydrogens is 230 g/mol. The van der Waals surface area contributed by atoms with Crippen molar-refractivity contribution in [3.8, 4) is 5.75 Å². The summed E-state index contributed by atoms with van der Waals surface area (Å²) in [5.41, 5.74) is 1.50. The SMILES string of the molecule is COc1ccc(C(=O)NC(C)C(C)CO)c(C)c1. The number of hydrogen-bond acceptors (Lipinski definition) is 3. The average Bonchev–Trinajstić information content (AvgIpc) is 2.37. The first-order valence-electron chi connectivity index (χ1n) is 6.06. The van der Waals surface area contributed by atoms with Crippen LogP contribution in [0.2, 0.25) is 0 Å². The van der Waals surface area contributed by atoms with Gasteiger partial charge in [0, 0.05) is 18.2 Å². The number of benzene rings is 1. The summed E-state index contributed by atoms with van der Waals surface area (Å²) in [5.74, 6) is 0.649. The van der Waals surface area contributed by atoms with Crippen LogP contribution < -0.4 is 10.1 Å². The maximum atomic E-state index is 12.1. The van der Waals surface area contributed by atoms with Gasteiger partial charge in [0.25, 0.3) is 5.91 Å². The van der Waals surface area contributed by atoms with E-state index in [1.54, 1.807) is 19.2 Å². The standard InChI is InChI=1S/C14H21NO3/c1-9-7-12(18-4)5-6-13(9)14(17)15-11(3)10(2)8-16/h5-7,10-11,16H,8H2,1-4H3,(H,15,17). The summed E-state index contributed by atoms with van der Waals surface area (Å²) in [7, 11) is 1.60. The topological polar surface area (TPSA) is 58.6 Å². The van der Waals surface area contributed by atoms with Crippen LogP contribution >= 0.6 is 0 Å². The van der Waals surface area contributed by atoms with Gasteiger partial charge in [0.1, 0.15) is 5.75 Å². The number of carbonyl (C=O) groups excluding carboxylic acids is 1. The molecule has 0 aliphatic heterocycles. The van der Waals surface area contributed by atoms with E-state index in [9.17, 15) is 4.79 Å². The largest absolute Gasteiger partial charge is 0.497 e. The van der Waals surface area contributed by atoms with E-state index in [4.69, 9.17) is 9.84 Å². The van der Waals surface area contributed by atoms with Crippen LogP contribution in [-0.2, 0) is 0 Å². The molecule has 0 saturated carbocycles. The third kappa shape index (κ3) is 3.47. The molecule has 1 amide bonds. The van der Waals surface area contributed by atoms with Gasteiger partial charge in [0.2, 0.25) is 0 Å². The molecule has 2 N–H and O–H groups in total. The highest BCUT2D eigenvalue weighted by molar-refractivity contribution is 5.95. The molecule has 4 heteroatoms. The van der Waals surface area contributed by atoms with Crippen molar-refractivity contribution in [1.29, 1.82) is 0 Å². The highest BCUT2D eigenvalue weighted by Crippen LogP contribution is 2.17. The lowest BCUT2D eigenvalue weighted by Crippen LogP contribution is -2.38. The van der Waals surface area contributed by atoms with Crippen molar-refractivity contribution >= 4 is 5.91 Å². The Kier molecular flexibility index (Phi) is 5.16. The Bertz CT molecular complexity index is 418. The van der Waals surface area contributed by atoms with E-state index in [1.807, 2.05) is 26.8 Å². The van der Waals surface area contributed by atoms with Crippen LogP contribution in [0.1, 0.15) is 29.8 Å². The Morgan fingerprint density at radius 3 is 2.61 bits per heavy atom. The van der Waals surface area contributed by atoms with Gasteiger partial charge in [0.15, 0.2) is 0 Å². The van der Waals surface area contributed by atoms with Crippen LogP contribution in [-0.4, -0.2) is 30.8 Å². The number of hydrogen-bond donors (Lipinski definition) is 2. The fourth-order valence-corrected chi connectivity index (χ4v) is 1.60. The summed E-state index contributed by atoms with van der Waals surface area (Å²) in [4.78, 5) is 12.1. The quantitative estimate of drug-likeness (QED) is 0.838. The van der Waals surface area contributed by atoms with E-state index in [2.05, 4.69) is 5.32 Å². The lowest BCUT2D eigenvalue weighted by molar-refractivity contribution is 0.0915. The van der Waals surface area contributed by atoms with Crippen molar-refractivity contribution in [2.24, 2.45) is 5.92 Å². The first-order chi connectivity index (χ1) is 8.49. The third-order valence-electron chi connectivity index (χ3n) is 3.18. The fraction of sp³-hybridized carbons (Fsp3) is 0.500. The zero-order valence-corrected chi connectivity index (χ0v) is 11.4. The van der Waals surface area contributed by atoms with Crippen LogP contribution in [0, 0.1) is 12.8 Å². The second-order valence-corrected chi connectivity index (χ2v) is 4.60. The van der Waals surface area contributed by atoms with Gasteiger partial charge in [-0.3, -0.25) is 4.79 Å². The van der Waals surface area contributed by atoms with Crippen molar-refractivity contribution in [3.63, 3.8) is 0 Å². The second kappa shape index (κ2) is 6.40. The Hall–Kier alpha value is -1.55. The predicted octanol–water partition coefficient (Wildman–Crippen LogP) is 1.75. The summed E-state index contributed by atoms with van der Waals surface area (Å²) < 4.78 is 5.10. The number of aliphatic hydroxyl groups excluding tert-OH is 1. The molecule has 4 nitrogen and oxygen atoms in total. The van der Waals surface area contributed by atoms with Gasteiger partial charge in [-0.05, 0) is 43.5 Å². The van der Waals surface area contributed by atoms with Crippen molar-refractivity contribution in [2.45, 2.75) is 26.8 Å². The van der Waals surface area contributed by atoms with Crippen LogP contribution in [0.25, 0.3) is 0 Å².